The normalized spacial score (nSPS) is 10.2. The zero-order valence-corrected chi connectivity index (χ0v) is 12.7. The Morgan fingerprint density at radius 3 is 2.43 bits per heavy atom. The lowest BCUT2D eigenvalue weighted by molar-refractivity contribution is 0.317. The maximum atomic E-state index is 5.76. The van der Waals surface area contributed by atoms with E-state index in [2.05, 4.69) is 22.2 Å². The zero-order valence-electron chi connectivity index (χ0n) is 12.7. The highest BCUT2D eigenvalue weighted by molar-refractivity contribution is 5.36. The number of nitrogens with one attached hydrogen (secondary N) is 1. The molecular formula is C16H21N3O2. The van der Waals surface area contributed by atoms with Gasteiger partial charge in [0.2, 0.25) is 11.8 Å². The molecule has 0 bridgehead atoms. The Balaban J connectivity index is 2.07. The average Bonchev–Trinajstić information content (AvgIpc) is 2.46. The van der Waals surface area contributed by atoms with Gasteiger partial charge >= 0.3 is 0 Å². The van der Waals surface area contributed by atoms with Crippen LogP contribution in [0.25, 0.3) is 0 Å². The van der Waals surface area contributed by atoms with Crippen molar-refractivity contribution in [1.29, 1.82) is 0 Å². The van der Waals surface area contributed by atoms with Crippen LogP contribution in [0, 0.1) is 6.92 Å². The molecule has 0 aliphatic carbocycles. The quantitative estimate of drug-likeness (QED) is 0.839. The Labute approximate surface area is 125 Å². The summed E-state index contributed by atoms with van der Waals surface area (Å²) in [7, 11) is 0. The SMILES string of the molecule is CCCOc1ccc(Oc2cc(C)nc(NCC)n2)cc1. The van der Waals surface area contributed by atoms with Crippen molar-refractivity contribution in [3.8, 4) is 17.4 Å². The van der Waals surface area contributed by atoms with Crippen molar-refractivity contribution in [2.24, 2.45) is 0 Å². The van der Waals surface area contributed by atoms with Gasteiger partial charge in [-0.1, -0.05) is 6.92 Å². The van der Waals surface area contributed by atoms with Gasteiger partial charge in [-0.15, -0.1) is 0 Å². The van der Waals surface area contributed by atoms with E-state index in [9.17, 15) is 0 Å². The van der Waals surface area contributed by atoms with Gasteiger partial charge in [0.15, 0.2) is 0 Å². The third kappa shape index (κ3) is 4.63. The van der Waals surface area contributed by atoms with Gasteiger partial charge in [-0.05, 0) is 44.5 Å². The largest absolute Gasteiger partial charge is 0.494 e. The summed E-state index contributed by atoms with van der Waals surface area (Å²) >= 11 is 0. The topological polar surface area (TPSA) is 56.3 Å². The highest BCUT2D eigenvalue weighted by Gasteiger charge is 2.04. The molecule has 0 atom stereocenters. The van der Waals surface area contributed by atoms with Crippen molar-refractivity contribution >= 4 is 5.95 Å². The lowest BCUT2D eigenvalue weighted by atomic mass is 10.3. The van der Waals surface area contributed by atoms with Crippen LogP contribution in [-0.4, -0.2) is 23.1 Å². The molecule has 21 heavy (non-hydrogen) atoms. The van der Waals surface area contributed by atoms with E-state index in [4.69, 9.17) is 9.47 Å². The third-order valence-corrected chi connectivity index (χ3v) is 2.68. The van der Waals surface area contributed by atoms with E-state index in [1.54, 1.807) is 0 Å². The summed E-state index contributed by atoms with van der Waals surface area (Å²) in [5.41, 5.74) is 0.860. The minimum atomic E-state index is 0.528. The van der Waals surface area contributed by atoms with Crippen LogP contribution in [0.15, 0.2) is 30.3 Å². The van der Waals surface area contributed by atoms with E-state index in [-0.39, 0.29) is 0 Å². The maximum Gasteiger partial charge on any atom is 0.226 e. The van der Waals surface area contributed by atoms with E-state index < -0.39 is 0 Å². The first-order chi connectivity index (χ1) is 10.2. The van der Waals surface area contributed by atoms with E-state index in [0.29, 0.717) is 11.8 Å². The molecule has 0 unspecified atom stereocenters. The Kier molecular flexibility index (Phi) is 5.37. The van der Waals surface area contributed by atoms with Crippen LogP contribution in [0.1, 0.15) is 26.0 Å². The second-order valence-electron chi connectivity index (χ2n) is 4.62. The second-order valence-corrected chi connectivity index (χ2v) is 4.62. The predicted molar refractivity (Wildman–Crippen MR) is 83.2 cm³/mol. The lowest BCUT2D eigenvalue weighted by Crippen LogP contribution is -2.04. The molecule has 0 amide bonds. The van der Waals surface area contributed by atoms with Crippen LogP contribution in [0.2, 0.25) is 0 Å². The van der Waals surface area contributed by atoms with Crippen LogP contribution >= 0.6 is 0 Å². The predicted octanol–water partition coefficient (Wildman–Crippen LogP) is 3.80. The molecule has 1 aromatic heterocycles. The maximum absolute atomic E-state index is 5.76. The number of hydrogen-bond donors (Lipinski definition) is 1. The second kappa shape index (κ2) is 7.47. The van der Waals surface area contributed by atoms with Crippen molar-refractivity contribution in [2.45, 2.75) is 27.2 Å². The van der Waals surface area contributed by atoms with Gasteiger partial charge in [-0.2, -0.15) is 4.98 Å². The average molecular weight is 287 g/mol. The molecule has 2 rings (SSSR count). The molecule has 0 aliphatic heterocycles. The van der Waals surface area contributed by atoms with Crippen molar-refractivity contribution in [2.75, 3.05) is 18.5 Å². The minimum absolute atomic E-state index is 0.528. The molecule has 5 heteroatoms. The molecule has 5 nitrogen and oxygen atoms in total. The summed E-state index contributed by atoms with van der Waals surface area (Å²) in [5, 5.41) is 3.08. The summed E-state index contributed by atoms with van der Waals surface area (Å²) in [6.07, 6.45) is 0.992. The van der Waals surface area contributed by atoms with Crippen LogP contribution < -0.4 is 14.8 Å². The van der Waals surface area contributed by atoms with Crippen LogP contribution in [0.5, 0.6) is 17.4 Å². The van der Waals surface area contributed by atoms with Gasteiger partial charge in [0.25, 0.3) is 0 Å². The standard InChI is InChI=1S/C16H21N3O2/c1-4-10-20-13-6-8-14(9-7-13)21-15-11-12(3)18-16(19-15)17-5-2/h6-9,11H,4-5,10H2,1-3H3,(H,17,18,19). The Morgan fingerprint density at radius 2 is 1.76 bits per heavy atom. The van der Waals surface area contributed by atoms with E-state index in [1.165, 1.54) is 0 Å². The third-order valence-electron chi connectivity index (χ3n) is 2.68. The number of nitrogens with zero attached hydrogens (tertiary/aromatic N) is 2. The van der Waals surface area contributed by atoms with Crippen LogP contribution in [-0.2, 0) is 0 Å². The fourth-order valence-electron chi connectivity index (χ4n) is 1.77. The van der Waals surface area contributed by atoms with Crippen molar-refractivity contribution in [3.05, 3.63) is 36.0 Å². The Bertz CT molecular complexity index is 570. The lowest BCUT2D eigenvalue weighted by Gasteiger charge is -2.09. The first-order valence-electron chi connectivity index (χ1n) is 7.21. The van der Waals surface area contributed by atoms with Gasteiger partial charge in [0.1, 0.15) is 11.5 Å². The molecule has 1 heterocycles. The number of aryl methyl sites for hydroxylation is 1. The van der Waals surface area contributed by atoms with Crippen molar-refractivity contribution in [1.82, 2.24) is 9.97 Å². The highest BCUT2D eigenvalue weighted by atomic mass is 16.5. The smallest absolute Gasteiger partial charge is 0.226 e. The minimum Gasteiger partial charge on any atom is -0.494 e. The molecular weight excluding hydrogens is 266 g/mol. The highest BCUT2D eigenvalue weighted by Crippen LogP contribution is 2.23. The molecule has 0 spiro atoms. The molecule has 2 aromatic rings. The number of anilines is 1. The molecule has 0 aliphatic rings. The van der Waals surface area contributed by atoms with E-state index in [0.717, 1.165) is 36.8 Å². The van der Waals surface area contributed by atoms with Gasteiger partial charge in [-0.3, -0.25) is 0 Å². The van der Waals surface area contributed by atoms with Gasteiger partial charge in [-0.25, -0.2) is 4.98 Å². The molecule has 0 fully saturated rings. The van der Waals surface area contributed by atoms with Gasteiger partial charge < -0.3 is 14.8 Å². The molecule has 1 N–H and O–H groups in total. The Morgan fingerprint density at radius 1 is 1.05 bits per heavy atom. The monoisotopic (exact) mass is 287 g/mol. The van der Waals surface area contributed by atoms with Gasteiger partial charge in [0.05, 0.1) is 6.61 Å². The Hall–Kier alpha value is -2.30. The first kappa shape index (κ1) is 15.1. The summed E-state index contributed by atoms with van der Waals surface area (Å²) in [5.74, 6) is 2.67. The molecule has 112 valence electrons. The summed E-state index contributed by atoms with van der Waals surface area (Å²) in [4.78, 5) is 8.61. The molecule has 0 saturated heterocycles. The summed E-state index contributed by atoms with van der Waals surface area (Å²) < 4.78 is 11.3. The molecule has 0 saturated carbocycles. The van der Waals surface area contributed by atoms with Gasteiger partial charge in [0, 0.05) is 18.3 Å². The van der Waals surface area contributed by atoms with E-state index >= 15 is 0 Å². The summed E-state index contributed by atoms with van der Waals surface area (Å²) in [6.45, 7) is 7.48. The number of hydrogen-bond acceptors (Lipinski definition) is 5. The number of benzene rings is 1. The first-order valence-corrected chi connectivity index (χ1v) is 7.21. The van der Waals surface area contributed by atoms with Crippen LogP contribution in [0.4, 0.5) is 5.95 Å². The summed E-state index contributed by atoms with van der Waals surface area (Å²) in [6, 6.07) is 9.33. The van der Waals surface area contributed by atoms with Crippen LogP contribution in [0.3, 0.4) is 0 Å². The number of rotatable bonds is 7. The van der Waals surface area contributed by atoms with Crippen molar-refractivity contribution < 1.29 is 9.47 Å². The fourth-order valence-corrected chi connectivity index (χ4v) is 1.77. The number of ether oxygens (including phenoxy) is 2. The fraction of sp³-hybridized carbons (Fsp3) is 0.375. The van der Waals surface area contributed by atoms with Crippen molar-refractivity contribution in [3.63, 3.8) is 0 Å². The van der Waals surface area contributed by atoms with E-state index in [1.807, 2.05) is 44.2 Å². The molecule has 0 radical (unpaired) electrons. The number of aromatic nitrogens is 2. The zero-order chi connectivity index (χ0) is 15.1. The molecule has 1 aromatic carbocycles.